The molecule has 4 nitrogen and oxygen atoms in total. The van der Waals surface area contributed by atoms with Gasteiger partial charge in [0.15, 0.2) is 6.29 Å². The van der Waals surface area contributed by atoms with Crippen molar-refractivity contribution in [3.63, 3.8) is 0 Å². The van der Waals surface area contributed by atoms with Crippen molar-refractivity contribution in [3.8, 4) is 0 Å². The van der Waals surface area contributed by atoms with Crippen LogP contribution in [0.5, 0.6) is 0 Å². The highest BCUT2D eigenvalue weighted by Crippen LogP contribution is 2.15. The van der Waals surface area contributed by atoms with E-state index in [1.54, 1.807) is 0 Å². The fourth-order valence-corrected chi connectivity index (χ4v) is 2.34. The van der Waals surface area contributed by atoms with Crippen molar-refractivity contribution in [3.05, 3.63) is 42.1 Å². The molecule has 0 aliphatic heterocycles. The minimum absolute atomic E-state index is 0.113. The predicted octanol–water partition coefficient (Wildman–Crippen LogP) is 3.11. The second-order valence-electron chi connectivity index (χ2n) is 4.80. The summed E-state index contributed by atoms with van der Waals surface area (Å²) in [6, 6.07) is 10.3. The Balaban J connectivity index is 1.85. The van der Waals surface area contributed by atoms with E-state index in [9.17, 15) is 0 Å². The van der Waals surface area contributed by atoms with Crippen LogP contribution >= 0.6 is 0 Å². The number of benzene rings is 1. The lowest BCUT2D eigenvalue weighted by Crippen LogP contribution is -2.24. The molecule has 0 fully saturated rings. The maximum absolute atomic E-state index is 5.53. The number of fused-ring (bicyclic) bond motifs is 1. The molecule has 1 heterocycles. The third-order valence-corrected chi connectivity index (χ3v) is 3.29. The van der Waals surface area contributed by atoms with Gasteiger partial charge in [0, 0.05) is 44.3 Å². The second kappa shape index (κ2) is 8.72. The molecular weight excluding hydrogens is 264 g/mol. The highest BCUT2D eigenvalue weighted by Gasteiger charge is 2.07. The number of hydrogen-bond acceptors (Lipinski definition) is 4. The average Bonchev–Trinajstić information content (AvgIpc) is 2.52. The van der Waals surface area contributed by atoms with Gasteiger partial charge in [0.2, 0.25) is 0 Å². The topological polar surface area (TPSA) is 43.4 Å². The van der Waals surface area contributed by atoms with Gasteiger partial charge in [-0.3, -0.25) is 4.98 Å². The van der Waals surface area contributed by atoms with Gasteiger partial charge in [-0.05, 0) is 25.5 Å². The van der Waals surface area contributed by atoms with Gasteiger partial charge in [-0.1, -0.05) is 24.3 Å². The Morgan fingerprint density at radius 1 is 1.10 bits per heavy atom. The summed E-state index contributed by atoms with van der Waals surface area (Å²) in [6.07, 6.45) is 2.57. The van der Waals surface area contributed by atoms with E-state index < -0.39 is 0 Å². The van der Waals surface area contributed by atoms with Gasteiger partial charge < -0.3 is 14.8 Å². The summed E-state index contributed by atoms with van der Waals surface area (Å²) < 4.78 is 11.1. The van der Waals surface area contributed by atoms with Gasteiger partial charge in [0.25, 0.3) is 0 Å². The van der Waals surface area contributed by atoms with E-state index in [-0.39, 0.29) is 6.29 Å². The van der Waals surface area contributed by atoms with E-state index in [1.807, 2.05) is 26.1 Å². The summed E-state index contributed by atoms with van der Waals surface area (Å²) in [5, 5.41) is 4.62. The summed E-state index contributed by atoms with van der Waals surface area (Å²) in [5.41, 5.74) is 2.29. The van der Waals surface area contributed by atoms with Gasteiger partial charge in [-0.25, -0.2) is 0 Å². The summed E-state index contributed by atoms with van der Waals surface area (Å²) in [5.74, 6) is 0. The van der Waals surface area contributed by atoms with Crippen LogP contribution in [-0.4, -0.2) is 31.0 Å². The maximum Gasteiger partial charge on any atom is 0.158 e. The van der Waals surface area contributed by atoms with Gasteiger partial charge in [0.1, 0.15) is 0 Å². The molecule has 0 spiro atoms. The minimum Gasteiger partial charge on any atom is -0.353 e. The van der Waals surface area contributed by atoms with Gasteiger partial charge >= 0.3 is 0 Å². The Bertz CT molecular complexity index is 534. The summed E-state index contributed by atoms with van der Waals surface area (Å²) in [7, 11) is 0. The van der Waals surface area contributed by atoms with Crippen LogP contribution < -0.4 is 5.32 Å². The van der Waals surface area contributed by atoms with Crippen molar-refractivity contribution in [2.45, 2.75) is 33.1 Å². The minimum atomic E-state index is -0.113. The predicted molar refractivity (Wildman–Crippen MR) is 85.1 cm³/mol. The van der Waals surface area contributed by atoms with Crippen molar-refractivity contribution in [2.24, 2.45) is 0 Å². The zero-order valence-electron chi connectivity index (χ0n) is 12.8. The Morgan fingerprint density at radius 3 is 2.62 bits per heavy atom. The molecule has 0 aliphatic carbocycles. The monoisotopic (exact) mass is 288 g/mol. The van der Waals surface area contributed by atoms with E-state index >= 15 is 0 Å². The fourth-order valence-electron chi connectivity index (χ4n) is 2.34. The molecule has 4 heteroatoms. The van der Waals surface area contributed by atoms with E-state index in [4.69, 9.17) is 9.47 Å². The van der Waals surface area contributed by atoms with E-state index in [0.717, 1.165) is 25.0 Å². The summed E-state index contributed by atoms with van der Waals surface area (Å²) >= 11 is 0. The summed E-state index contributed by atoms with van der Waals surface area (Å²) in [6.45, 7) is 6.99. The number of ether oxygens (including phenoxy) is 2. The molecule has 0 amide bonds. The van der Waals surface area contributed by atoms with E-state index in [0.29, 0.717) is 13.2 Å². The number of hydrogen-bond donors (Lipinski definition) is 1. The SMILES string of the molecule is CCOC(CCNCc1cccc2cccnc12)OCC. The van der Waals surface area contributed by atoms with Crippen LogP contribution in [0.15, 0.2) is 36.5 Å². The van der Waals surface area contributed by atoms with Crippen LogP contribution in [0.4, 0.5) is 0 Å². The van der Waals surface area contributed by atoms with Crippen molar-refractivity contribution in [1.82, 2.24) is 10.3 Å². The molecule has 114 valence electrons. The number of pyridine rings is 1. The standard InChI is InChI=1S/C17H24N2O2/c1-3-20-16(21-4-2)10-12-18-13-15-8-5-7-14-9-6-11-19-17(14)15/h5-9,11,16,18H,3-4,10,12-13H2,1-2H3. The molecule has 2 rings (SSSR count). The number of nitrogens with zero attached hydrogens (tertiary/aromatic N) is 1. The first-order chi connectivity index (χ1) is 10.3. The van der Waals surface area contributed by atoms with Crippen LogP contribution in [0.1, 0.15) is 25.8 Å². The molecule has 0 unspecified atom stereocenters. The Kier molecular flexibility index (Phi) is 6.60. The Labute approximate surface area is 126 Å². The van der Waals surface area contributed by atoms with Crippen LogP contribution in [0.25, 0.3) is 10.9 Å². The highest BCUT2D eigenvalue weighted by atomic mass is 16.7. The fraction of sp³-hybridized carbons (Fsp3) is 0.471. The third-order valence-electron chi connectivity index (χ3n) is 3.29. The van der Waals surface area contributed by atoms with Gasteiger partial charge in [-0.2, -0.15) is 0 Å². The van der Waals surface area contributed by atoms with Crippen LogP contribution in [0.3, 0.4) is 0 Å². The molecule has 1 aromatic carbocycles. The van der Waals surface area contributed by atoms with Crippen LogP contribution in [-0.2, 0) is 16.0 Å². The maximum atomic E-state index is 5.53. The van der Waals surface area contributed by atoms with Crippen molar-refractivity contribution < 1.29 is 9.47 Å². The lowest BCUT2D eigenvalue weighted by atomic mass is 10.1. The quantitative estimate of drug-likeness (QED) is 0.569. The smallest absolute Gasteiger partial charge is 0.158 e. The molecule has 0 radical (unpaired) electrons. The first-order valence-corrected chi connectivity index (χ1v) is 7.61. The number of para-hydroxylation sites is 1. The average molecular weight is 288 g/mol. The molecule has 0 bridgehead atoms. The molecule has 2 aromatic rings. The first kappa shape index (κ1) is 15.9. The highest BCUT2D eigenvalue weighted by molar-refractivity contribution is 5.81. The number of rotatable bonds is 9. The van der Waals surface area contributed by atoms with Crippen molar-refractivity contribution in [1.29, 1.82) is 0 Å². The molecule has 0 atom stereocenters. The zero-order valence-corrected chi connectivity index (χ0v) is 12.8. The van der Waals surface area contributed by atoms with Crippen molar-refractivity contribution >= 4 is 10.9 Å². The molecular formula is C17H24N2O2. The molecule has 0 saturated heterocycles. The van der Waals surface area contributed by atoms with Gasteiger partial charge in [0.05, 0.1) is 5.52 Å². The molecule has 1 N–H and O–H groups in total. The lowest BCUT2D eigenvalue weighted by Gasteiger charge is -2.17. The molecule has 0 saturated carbocycles. The molecule has 21 heavy (non-hydrogen) atoms. The summed E-state index contributed by atoms with van der Waals surface area (Å²) in [4.78, 5) is 4.46. The second-order valence-corrected chi connectivity index (χ2v) is 4.80. The van der Waals surface area contributed by atoms with Crippen LogP contribution in [0, 0.1) is 0 Å². The van der Waals surface area contributed by atoms with Gasteiger partial charge in [-0.15, -0.1) is 0 Å². The first-order valence-electron chi connectivity index (χ1n) is 7.61. The third kappa shape index (κ3) is 4.77. The lowest BCUT2D eigenvalue weighted by molar-refractivity contribution is -0.138. The van der Waals surface area contributed by atoms with E-state index in [2.05, 4.69) is 34.6 Å². The Morgan fingerprint density at radius 2 is 1.86 bits per heavy atom. The largest absolute Gasteiger partial charge is 0.353 e. The number of aromatic nitrogens is 1. The molecule has 0 aliphatic rings. The number of nitrogens with one attached hydrogen (secondary N) is 1. The van der Waals surface area contributed by atoms with Crippen molar-refractivity contribution in [2.75, 3.05) is 19.8 Å². The van der Waals surface area contributed by atoms with Crippen LogP contribution in [0.2, 0.25) is 0 Å². The van der Waals surface area contributed by atoms with E-state index in [1.165, 1.54) is 10.9 Å². The normalized spacial score (nSPS) is 11.4. The molecule has 1 aromatic heterocycles. The Hall–Kier alpha value is -1.49. The zero-order chi connectivity index (χ0) is 14.9.